The van der Waals surface area contributed by atoms with Gasteiger partial charge < -0.3 is 4.57 Å². The molecule has 0 aromatic carbocycles. The van der Waals surface area contributed by atoms with Gasteiger partial charge in [0.05, 0.1) is 17.5 Å². The zero-order chi connectivity index (χ0) is 20.2. The van der Waals surface area contributed by atoms with E-state index in [9.17, 15) is 23.3 Å². The lowest BCUT2D eigenvalue weighted by molar-refractivity contribution is -0.120. The smallest absolute Gasteiger partial charge is 0.250 e. The molecule has 10 heteroatoms. The molecule has 2 heterocycles. The Morgan fingerprint density at radius 2 is 2.04 bits per heavy atom. The van der Waals surface area contributed by atoms with Gasteiger partial charge in [0.25, 0.3) is 5.56 Å². The minimum atomic E-state index is -3.76. The summed E-state index contributed by atoms with van der Waals surface area (Å²) in [6.07, 6.45) is 1.15. The van der Waals surface area contributed by atoms with E-state index in [1.54, 1.807) is 26.2 Å². The van der Waals surface area contributed by atoms with Crippen LogP contribution in [0.5, 0.6) is 0 Å². The van der Waals surface area contributed by atoms with Gasteiger partial charge in [-0.2, -0.15) is 9.57 Å². The fourth-order valence-electron chi connectivity index (χ4n) is 2.53. The first kappa shape index (κ1) is 21.0. The van der Waals surface area contributed by atoms with Crippen molar-refractivity contribution in [2.45, 2.75) is 38.1 Å². The van der Waals surface area contributed by atoms with Gasteiger partial charge in [-0.1, -0.05) is 13.8 Å². The standard InChI is InChI=1S/C17H20N4O4S2/c1-4-21(5-2)27(24,25)13-6-7-16(23)20(9-13)10-15(22)14(8-18)17-19-12(3)11-26-17/h6-7,9,11,14H,4-5,10H2,1-3H3. The van der Waals surface area contributed by atoms with Crippen molar-refractivity contribution < 1.29 is 13.2 Å². The van der Waals surface area contributed by atoms with Crippen LogP contribution >= 0.6 is 11.3 Å². The Labute approximate surface area is 161 Å². The minimum Gasteiger partial charge on any atom is -0.307 e. The number of nitriles is 1. The molecule has 2 aromatic heterocycles. The Kier molecular flexibility index (Phi) is 6.64. The molecule has 0 aliphatic heterocycles. The molecule has 144 valence electrons. The van der Waals surface area contributed by atoms with Crippen LogP contribution in [0, 0.1) is 18.3 Å². The quantitative estimate of drug-likeness (QED) is 0.654. The van der Waals surface area contributed by atoms with Crippen molar-refractivity contribution in [1.29, 1.82) is 5.26 Å². The van der Waals surface area contributed by atoms with Crippen LogP contribution in [0.1, 0.15) is 30.5 Å². The average Bonchev–Trinajstić information content (AvgIpc) is 3.04. The summed E-state index contributed by atoms with van der Waals surface area (Å²) in [5.74, 6) is -1.62. The van der Waals surface area contributed by atoms with Crippen LogP contribution in [-0.2, 0) is 21.4 Å². The number of hydrogen-bond donors (Lipinski definition) is 0. The predicted octanol–water partition coefficient (Wildman–Crippen LogP) is 1.52. The highest BCUT2D eigenvalue weighted by atomic mass is 32.2. The van der Waals surface area contributed by atoms with Crippen molar-refractivity contribution in [2.24, 2.45) is 0 Å². The van der Waals surface area contributed by atoms with Crippen LogP contribution < -0.4 is 5.56 Å². The fraction of sp³-hybridized carbons (Fsp3) is 0.412. The molecule has 0 amide bonds. The highest BCUT2D eigenvalue weighted by Gasteiger charge is 2.26. The highest BCUT2D eigenvalue weighted by Crippen LogP contribution is 2.21. The molecule has 0 saturated heterocycles. The van der Waals surface area contributed by atoms with Gasteiger partial charge in [0.1, 0.15) is 5.01 Å². The topological polar surface area (TPSA) is 113 Å². The summed E-state index contributed by atoms with van der Waals surface area (Å²) in [6, 6.07) is 4.24. The van der Waals surface area contributed by atoms with E-state index in [0.717, 1.165) is 16.8 Å². The van der Waals surface area contributed by atoms with E-state index in [2.05, 4.69) is 4.98 Å². The number of thiazole rings is 1. The van der Waals surface area contributed by atoms with Gasteiger partial charge in [-0.15, -0.1) is 11.3 Å². The number of pyridine rings is 1. The van der Waals surface area contributed by atoms with Gasteiger partial charge in [-0.05, 0) is 13.0 Å². The predicted molar refractivity (Wildman–Crippen MR) is 101 cm³/mol. The average molecular weight is 409 g/mol. The number of aromatic nitrogens is 2. The van der Waals surface area contributed by atoms with E-state index in [-0.39, 0.29) is 18.0 Å². The third kappa shape index (κ3) is 4.50. The first-order chi connectivity index (χ1) is 12.7. The van der Waals surface area contributed by atoms with Crippen molar-refractivity contribution in [3.05, 3.63) is 44.8 Å². The summed E-state index contributed by atoms with van der Waals surface area (Å²) in [4.78, 5) is 28.7. The van der Waals surface area contributed by atoms with Gasteiger partial charge >= 0.3 is 0 Å². The molecule has 0 fully saturated rings. The molecule has 0 aliphatic rings. The number of aryl methyl sites for hydroxylation is 1. The van der Waals surface area contributed by atoms with Crippen LogP contribution in [0.4, 0.5) is 0 Å². The van der Waals surface area contributed by atoms with Crippen LogP contribution in [0.3, 0.4) is 0 Å². The Bertz CT molecular complexity index is 1030. The van der Waals surface area contributed by atoms with Gasteiger partial charge in [0.2, 0.25) is 10.0 Å². The number of ketones is 1. The Balaban J connectivity index is 2.35. The molecule has 2 aromatic rings. The first-order valence-electron chi connectivity index (χ1n) is 8.29. The van der Waals surface area contributed by atoms with Crippen molar-refractivity contribution in [3.63, 3.8) is 0 Å². The van der Waals surface area contributed by atoms with E-state index in [1.165, 1.54) is 21.7 Å². The maximum atomic E-state index is 12.6. The molecular weight excluding hydrogens is 388 g/mol. The first-order valence-corrected chi connectivity index (χ1v) is 10.6. The highest BCUT2D eigenvalue weighted by molar-refractivity contribution is 7.89. The maximum Gasteiger partial charge on any atom is 0.250 e. The molecule has 2 rings (SSSR count). The van der Waals surface area contributed by atoms with Crippen molar-refractivity contribution in [2.75, 3.05) is 13.1 Å². The van der Waals surface area contributed by atoms with Gasteiger partial charge in [0, 0.05) is 36.4 Å². The lowest BCUT2D eigenvalue weighted by Gasteiger charge is -2.19. The zero-order valence-electron chi connectivity index (χ0n) is 15.2. The van der Waals surface area contributed by atoms with Gasteiger partial charge in [-0.3, -0.25) is 9.59 Å². The molecule has 0 aliphatic carbocycles. The number of carbonyl (C=O) groups excluding carboxylic acids is 1. The number of sulfonamides is 1. The largest absolute Gasteiger partial charge is 0.307 e. The van der Waals surface area contributed by atoms with Crippen LogP contribution in [-0.4, -0.2) is 41.1 Å². The summed E-state index contributed by atoms with van der Waals surface area (Å²) in [5.41, 5.74) is 0.182. The Hall–Kier alpha value is -2.35. The summed E-state index contributed by atoms with van der Waals surface area (Å²) < 4.78 is 27.5. The van der Waals surface area contributed by atoms with E-state index >= 15 is 0 Å². The summed E-state index contributed by atoms with van der Waals surface area (Å²) in [7, 11) is -3.76. The summed E-state index contributed by atoms with van der Waals surface area (Å²) in [6.45, 7) is 5.36. The molecule has 1 unspecified atom stereocenters. The van der Waals surface area contributed by atoms with Crippen LogP contribution in [0.25, 0.3) is 0 Å². The number of rotatable bonds is 8. The lowest BCUT2D eigenvalue weighted by atomic mass is 10.1. The maximum absolute atomic E-state index is 12.6. The number of Topliss-reactive ketones (excluding diaryl/α,β-unsaturated/α-hetero) is 1. The second-order valence-electron chi connectivity index (χ2n) is 5.78. The van der Waals surface area contributed by atoms with E-state index < -0.39 is 33.8 Å². The fourth-order valence-corrected chi connectivity index (χ4v) is 4.87. The Morgan fingerprint density at radius 1 is 1.37 bits per heavy atom. The van der Waals surface area contributed by atoms with Gasteiger partial charge in [0.15, 0.2) is 11.7 Å². The molecule has 0 spiro atoms. The third-order valence-corrected chi connectivity index (χ3v) is 7.02. The van der Waals surface area contributed by atoms with Crippen LogP contribution in [0.15, 0.2) is 33.4 Å². The van der Waals surface area contributed by atoms with Crippen molar-refractivity contribution in [1.82, 2.24) is 13.9 Å². The third-order valence-electron chi connectivity index (χ3n) is 3.96. The molecular formula is C17H20N4O4S2. The number of hydrogen-bond acceptors (Lipinski definition) is 7. The molecule has 27 heavy (non-hydrogen) atoms. The number of nitrogens with zero attached hydrogens (tertiary/aromatic N) is 4. The zero-order valence-corrected chi connectivity index (χ0v) is 16.9. The molecule has 1 atom stereocenters. The second kappa shape index (κ2) is 8.56. The molecule has 0 N–H and O–H groups in total. The van der Waals surface area contributed by atoms with Crippen molar-refractivity contribution >= 4 is 27.1 Å². The van der Waals surface area contributed by atoms with Crippen molar-refractivity contribution in [3.8, 4) is 6.07 Å². The van der Waals surface area contributed by atoms with E-state index in [0.29, 0.717) is 10.7 Å². The van der Waals surface area contributed by atoms with E-state index in [4.69, 9.17) is 0 Å². The molecule has 8 nitrogen and oxygen atoms in total. The van der Waals surface area contributed by atoms with Gasteiger partial charge in [-0.25, -0.2) is 13.4 Å². The molecule has 0 bridgehead atoms. The molecule has 0 radical (unpaired) electrons. The Morgan fingerprint density at radius 3 is 2.56 bits per heavy atom. The van der Waals surface area contributed by atoms with E-state index in [1.807, 2.05) is 6.07 Å². The summed E-state index contributed by atoms with van der Waals surface area (Å²) in [5, 5.41) is 11.4. The second-order valence-corrected chi connectivity index (χ2v) is 8.60. The lowest BCUT2D eigenvalue weighted by Crippen LogP contribution is -2.32. The van der Waals surface area contributed by atoms with Crippen LogP contribution in [0.2, 0.25) is 0 Å². The molecule has 0 saturated carbocycles. The number of carbonyl (C=O) groups is 1. The summed E-state index contributed by atoms with van der Waals surface area (Å²) >= 11 is 1.20. The monoisotopic (exact) mass is 408 g/mol. The minimum absolute atomic E-state index is 0.0720. The normalized spacial score (nSPS) is 12.7. The SMILES string of the molecule is CCN(CC)S(=O)(=O)c1ccc(=O)n(CC(=O)C(C#N)c2nc(C)cs2)c1.